The Morgan fingerprint density at radius 2 is 2.32 bits per heavy atom. The van der Waals surface area contributed by atoms with Gasteiger partial charge in [-0.25, -0.2) is 9.89 Å². The van der Waals surface area contributed by atoms with Crippen molar-refractivity contribution < 1.29 is 4.74 Å². The first kappa shape index (κ1) is 13.5. The summed E-state index contributed by atoms with van der Waals surface area (Å²) >= 11 is 1.40. The first-order valence-corrected chi connectivity index (χ1v) is 6.74. The number of ether oxygens (including phenoxy) is 1. The molecule has 19 heavy (non-hydrogen) atoms. The van der Waals surface area contributed by atoms with Crippen molar-refractivity contribution in [3.63, 3.8) is 0 Å². The number of hydrogen-bond acceptors (Lipinski definition) is 5. The van der Waals surface area contributed by atoms with Gasteiger partial charge in [0.15, 0.2) is 5.16 Å². The number of aromatic amines is 1. The van der Waals surface area contributed by atoms with Gasteiger partial charge >= 0.3 is 5.69 Å². The third-order valence-corrected chi connectivity index (χ3v) is 3.57. The Labute approximate surface area is 115 Å². The van der Waals surface area contributed by atoms with Crippen LogP contribution < -0.4 is 16.2 Å². The molecule has 3 N–H and O–H groups in total. The first-order valence-electron chi connectivity index (χ1n) is 5.92. The number of benzene rings is 1. The molecule has 1 heterocycles. The topological polar surface area (TPSA) is 85.9 Å². The third-order valence-electron chi connectivity index (χ3n) is 2.58. The highest BCUT2D eigenvalue weighted by Gasteiger charge is 2.10. The number of hydrogen-bond donors (Lipinski definition) is 2. The lowest BCUT2D eigenvalue weighted by Gasteiger charge is -2.07. The van der Waals surface area contributed by atoms with E-state index in [0.29, 0.717) is 23.1 Å². The van der Waals surface area contributed by atoms with E-state index in [1.54, 1.807) is 17.7 Å². The van der Waals surface area contributed by atoms with Crippen molar-refractivity contribution in [1.82, 2.24) is 14.8 Å². The zero-order valence-electron chi connectivity index (χ0n) is 10.8. The minimum absolute atomic E-state index is 0.188. The van der Waals surface area contributed by atoms with Gasteiger partial charge in [0.25, 0.3) is 0 Å². The smallest absolute Gasteiger partial charge is 0.343 e. The minimum atomic E-state index is -0.188. The Hall–Kier alpha value is -1.89. The van der Waals surface area contributed by atoms with Gasteiger partial charge in [0.2, 0.25) is 0 Å². The average Bonchev–Trinajstić information content (AvgIpc) is 2.74. The fourth-order valence-electron chi connectivity index (χ4n) is 1.66. The molecule has 2 rings (SSSR count). The number of methoxy groups -OCH3 is 1. The second-order valence-corrected chi connectivity index (χ2v) is 5.01. The summed E-state index contributed by atoms with van der Waals surface area (Å²) in [6.45, 7) is 2.66. The fraction of sp³-hybridized carbons (Fsp3) is 0.333. The van der Waals surface area contributed by atoms with E-state index in [4.69, 9.17) is 10.5 Å². The van der Waals surface area contributed by atoms with Crippen molar-refractivity contribution in [3.8, 4) is 5.75 Å². The molecule has 0 bridgehead atoms. The van der Waals surface area contributed by atoms with Crippen LogP contribution in [-0.4, -0.2) is 21.9 Å². The Bertz CT molecular complexity index is 620. The molecular formula is C12H16N4O2S. The average molecular weight is 280 g/mol. The summed E-state index contributed by atoms with van der Waals surface area (Å²) < 4.78 is 6.79. The van der Waals surface area contributed by atoms with Crippen molar-refractivity contribution in [2.75, 3.05) is 12.8 Å². The summed E-state index contributed by atoms with van der Waals surface area (Å²) in [5.41, 5.74) is 6.16. The van der Waals surface area contributed by atoms with Crippen LogP contribution in [0.4, 0.5) is 5.69 Å². The van der Waals surface area contributed by atoms with Crippen LogP contribution in [0.3, 0.4) is 0 Å². The molecule has 0 saturated carbocycles. The summed E-state index contributed by atoms with van der Waals surface area (Å²) in [7, 11) is 1.57. The van der Waals surface area contributed by atoms with Crippen LogP contribution in [0.15, 0.2) is 33.0 Å². The van der Waals surface area contributed by atoms with Crippen LogP contribution in [0, 0.1) is 0 Å². The van der Waals surface area contributed by atoms with E-state index in [1.165, 1.54) is 11.8 Å². The molecule has 0 saturated heterocycles. The van der Waals surface area contributed by atoms with Crippen LogP contribution in [0.2, 0.25) is 0 Å². The third kappa shape index (κ3) is 2.93. The number of rotatable bonds is 5. The summed E-state index contributed by atoms with van der Waals surface area (Å²) in [5, 5.41) is 7.12. The second-order valence-electron chi connectivity index (χ2n) is 3.97. The molecule has 0 atom stereocenters. The fourth-order valence-corrected chi connectivity index (χ4v) is 2.55. The highest BCUT2D eigenvalue weighted by molar-refractivity contribution is 7.99. The molecule has 0 spiro atoms. The van der Waals surface area contributed by atoms with Crippen molar-refractivity contribution in [3.05, 3.63) is 28.7 Å². The van der Waals surface area contributed by atoms with Gasteiger partial charge in [0.05, 0.1) is 12.8 Å². The quantitative estimate of drug-likeness (QED) is 0.814. The zero-order valence-corrected chi connectivity index (χ0v) is 11.7. The molecular weight excluding hydrogens is 264 g/mol. The number of nitrogens with zero attached hydrogens (tertiary/aromatic N) is 2. The number of nitrogens with two attached hydrogens (primary N) is 1. The SMILES string of the molecule is CCCn1c(Sc2ccc(N)c(OC)c2)n[nH]c1=O. The maximum Gasteiger partial charge on any atom is 0.343 e. The minimum Gasteiger partial charge on any atom is -0.495 e. The molecule has 102 valence electrons. The monoisotopic (exact) mass is 280 g/mol. The van der Waals surface area contributed by atoms with Crippen LogP contribution in [-0.2, 0) is 6.54 Å². The lowest BCUT2D eigenvalue weighted by atomic mass is 10.3. The number of anilines is 1. The summed E-state index contributed by atoms with van der Waals surface area (Å²) in [4.78, 5) is 12.5. The van der Waals surface area contributed by atoms with Gasteiger partial charge in [0, 0.05) is 11.4 Å². The highest BCUT2D eigenvalue weighted by Crippen LogP contribution is 2.31. The summed E-state index contributed by atoms with van der Waals surface area (Å²) in [6.07, 6.45) is 0.873. The van der Waals surface area contributed by atoms with Crippen molar-refractivity contribution in [2.24, 2.45) is 0 Å². The molecule has 0 radical (unpaired) electrons. The molecule has 0 unspecified atom stereocenters. The number of nitrogen functional groups attached to an aromatic ring is 1. The van der Waals surface area contributed by atoms with Crippen molar-refractivity contribution in [1.29, 1.82) is 0 Å². The maximum absolute atomic E-state index is 11.6. The van der Waals surface area contributed by atoms with Crippen LogP contribution in [0.25, 0.3) is 0 Å². The molecule has 0 aliphatic rings. The molecule has 0 fully saturated rings. The van der Waals surface area contributed by atoms with E-state index in [1.807, 2.05) is 19.1 Å². The summed E-state index contributed by atoms with van der Waals surface area (Å²) in [6, 6.07) is 5.48. The Morgan fingerprint density at radius 1 is 1.53 bits per heavy atom. The van der Waals surface area contributed by atoms with Crippen molar-refractivity contribution in [2.45, 2.75) is 29.9 Å². The molecule has 0 aliphatic carbocycles. The van der Waals surface area contributed by atoms with E-state index in [9.17, 15) is 4.79 Å². The van der Waals surface area contributed by atoms with Crippen molar-refractivity contribution >= 4 is 17.4 Å². The Balaban J connectivity index is 2.28. The van der Waals surface area contributed by atoms with Crippen LogP contribution >= 0.6 is 11.8 Å². The van der Waals surface area contributed by atoms with Crippen LogP contribution in [0.1, 0.15) is 13.3 Å². The standard InChI is InChI=1S/C12H16N4O2S/c1-3-6-16-11(17)14-15-12(16)19-8-4-5-9(13)10(7-8)18-2/h4-5,7H,3,6,13H2,1-2H3,(H,14,17). The highest BCUT2D eigenvalue weighted by atomic mass is 32.2. The molecule has 0 amide bonds. The molecule has 2 aromatic rings. The van der Waals surface area contributed by atoms with Gasteiger partial charge in [-0.15, -0.1) is 5.10 Å². The predicted molar refractivity (Wildman–Crippen MR) is 74.7 cm³/mol. The molecule has 1 aromatic heterocycles. The zero-order chi connectivity index (χ0) is 13.8. The number of nitrogens with one attached hydrogen (secondary N) is 1. The second kappa shape index (κ2) is 5.83. The van der Waals surface area contributed by atoms with E-state index in [-0.39, 0.29) is 5.69 Å². The van der Waals surface area contributed by atoms with E-state index in [0.717, 1.165) is 11.3 Å². The maximum atomic E-state index is 11.6. The van der Waals surface area contributed by atoms with Gasteiger partial charge in [-0.2, -0.15) is 0 Å². The molecule has 0 aliphatic heterocycles. The first-order chi connectivity index (χ1) is 9.15. The normalized spacial score (nSPS) is 10.6. The van der Waals surface area contributed by atoms with E-state index < -0.39 is 0 Å². The van der Waals surface area contributed by atoms with Gasteiger partial charge in [-0.3, -0.25) is 4.57 Å². The van der Waals surface area contributed by atoms with Crippen LogP contribution in [0.5, 0.6) is 5.75 Å². The van der Waals surface area contributed by atoms with Gasteiger partial charge in [0.1, 0.15) is 5.75 Å². The predicted octanol–water partition coefficient (Wildman–Crippen LogP) is 1.72. The number of H-pyrrole nitrogens is 1. The van der Waals surface area contributed by atoms with Gasteiger partial charge in [-0.05, 0) is 36.4 Å². The lowest BCUT2D eigenvalue weighted by molar-refractivity contribution is 0.416. The lowest BCUT2D eigenvalue weighted by Crippen LogP contribution is -2.17. The molecule has 7 heteroatoms. The largest absolute Gasteiger partial charge is 0.495 e. The van der Waals surface area contributed by atoms with E-state index >= 15 is 0 Å². The Morgan fingerprint density at radius 3 is 3.00 bits per heavy atom. The number of aromatic nitrogens is 3. The molecule has 1 aromatic carbocycles. The van der Waals surface area contributed by atoms with Gasteiger partial charge < -0.3 is 10.5 Å². The van der Waals surface area contributed by atoms with Gasteiger partial charge in [-0.1, -0.05) is 6.92 Å². The molecule has 6 nitrogen and oxygen atoms in total. The Kier molecular flexibility index (Phi) is 4.16. The summed E-state index contributed by atoms with van der Waals surface area (Å²) in [5.74, 6) is 0.616. The van der Waals surface area contributed by atoms with E-state index in [2.05, 4.69) is 10.2 Å².